The molecule has 0 aliphatic carbocycles. The second-order valence-corrected chi connectivity index (χ2v) is 3.55. The Morgan fingerprint density at radius 1 is 1.54 bits per heavy atom. The Balaban J connectivity index is 2.68. The van der Waals surface area contributed by atoms with Gasteiger partial charge in [-0.1, -0.05) is 34.1 Å². The molecule has 5 heteroatoms. The molecule has 1 rings (SSSR count). The van der Waals surface area contributed by atoms with E-state index in [1.165, 1.54) is 0 Å². The third kappa shape index (κ3) is 3.52. The molecule has 0 amide bonds. The summed E-state index contributed by atoms with van der Waals surface area (Å²) < 4.78 is 0.975. The lowest BCUT2D eigenvalue weighted by Gasteiger charge is -1.96. The molecule has 0 bridgehead atoms. The second-order valence-electron chi connectivity index (χ2n) is 2.26. The van der Waals surface area contributed by atoms with E-state index < -0.39 is 0 Å². The number of nitrogens with two attached hydrogens (primary N) is 1. The smallest absolute Gasteiger partial charge is 0.184 e. The van der Waals surface area contributed by atoms with Gasteiger partial charge in [0.25, 0.3) is 0 Å². The SMILES string of the molecule is NC(=S)NN=Cc1ccccc1Br. The zero-order chi connectivity index (χ0) is 9.68. The molecule has 3 N–H and O–H groups in total. The van der Waals surface area contributed by atoms with Crippen LogP contribution in [0.2, 0.25) is 0 Å². The van der Waals surface area contributed by atoms with Gasteiger partial charge in [-0.3, -0.25) is 5.43 Å². The third-order valence-corrected chi connectivity index (χ3v) is 2.10. The van der Waals surface area contributed by atoms with E-state index in [9.17, 15) is 0 Å². The molecular weight excluding hydrogens is 250 g/mol. The predicted octanol–water partition coefficient (Wildman–Crippen LogP) is 1.62. The molecule has 0 atom stereocenters. The lowest BCUT2D eigenvalue weighted by Crippen LogP contribution is -2.24. The molecule has 0 spiro atoms. The number of hydrazone groups is 1. The Labute approximate surface area is 90.1 Å². The second kappa shape index (κ2) is 4.94. The fourth-order valence-electron chi connectivity index (χ4n) is 0.745. The van der Waals surface area contributed by atoms with Gasteiger partial charge in [0.1, 0.15) is 0 Å². The maximum Gasteiger partial charge on any atom is 0.184 e. The maximum atomic E-state index is 5.19. The molecule has 0 saturated heterocycles. The van der Waals surface area contributed by atoms with Crippen molar-refractivity contribution < 1.29 is 0 Å². The van der Waals surface area contributed by atoms with Crippen LogP contribution in [0.3, 0.4) is 0 Å². The summed E-state index contributed by atoms with van der Waals surface area (Å²) >= 11 is 7.97. The molecular formula is C8H8BrN3S. The first-order valence-corrected chi connectivity index (χ1v) is 4.73. The first-order chi connectivity index (χ1) is 6.20. The zero-order valence-electron chi connectivity index (χ0n) is 6.70. The summed E-state index contributed by atoms with van der Waals surface area (Å²) in [7, 11) is 0. The summed E-state index contributed by atoms with van der Waals surface area (Å²) in [5, 5.41) is 3.99. The summed E-state index contributed by atoms with van der Waals surface area (Å²) in [5.41, 5.74) is 8.63. The van der Waals surface area contributed by atoms with E-state index in [4.69, 9.17) is 5.73 Å². The van der Waals surface area contributed by atoms with Crippen LogP contribution < -0.4 is 11.2 Å². The summed E-state index contributed by atoms with van der Waals surface area (Å²) in [6.45, 7) is 0. The lowest BCUT2D eigenvalue weighted by molar-refractivity contribution is 1.04. The van der Waals surface area contributed by atoms with Crippen molar-refractivity contribution in [2.24, 2.45) is 10.8 Å². The van der Waals surface area contributed by atoms with Gasteiger partial charge in [-0.05, 0) is 18.3 Å². The molecule has 0 radical (unpaired) electrons. The van der Waals surface area contributed by atoms with Gasteiger partial charge in [0.15, 0.2) is 5.11 Å². The molecule has 0 aliphatic heterocycles. The van der Waals surface area contributed by atoms with Crippen molar-refractivity contribution in [1.82, 2.24) is 5.43 Å². The molecule has 0 aliphatic rings. The van der Waals surface area contributed by atoms with Gasteiger partial charge in [-0.2, -0.15) is 5.10 Å². The topological polar surface area (TPSA) is 50.4 Å². The number of rotatable bonds is 2. The quantitative estimate of drug-likeness (QED) is 0.481. The van der Waals surface area contributed by atoms with Crippen molar-refractivity contribution in [3.63, 3.8) is 0 Å². The van der Waals surface area contributed by atoms with Crippen LogP contribution in [-0.4, -0.2) is 11.3 Å². The van der Waals surface area contributed by atoms with Gasteiger partial charge in [0.05, 0.1) is 6.21 Å². The summed E-state index contributed by atoms with van der Waals surface area (Å²) in [5.74, 6) is 0. The van der Waals surface area contributed by atoms with E-state index >= 15 is 0 Å². The van der Waals surface area contributed by atoms with Gasteiger partial charge in [-0.15, -0.1) is 0 Å². The fourth-order valence-corrected chi connectivity index (χ4v) is 1.19. The molecule has 0 aromatic heterocycles. The van der Waals surface area contributed by atoms with E-state index in [1.54, 1.807) is 6.21 Å². The van der Waals surface area contributed by atoms with E-state index in [1.807, 2.05) is 24.3 Å². The van der Waals surface area contributed by atoms with Crippen LogP contribution >= 0.6 is 28.1 Å². The van der Waals surface area contributed by atoms with Crippen LogP contribution in [0.25, 0.3) is 0 Å². The van der Waals surface area contributed by atoms with Gasteiger partial charge in [-0.25, -0.2) is 0 Å². The predicted molar refractivity (Wildman–Crippen MR) is 61.7 cm³/mol. The minimum absolute atomic E-state index is 0.156. The first kappa shape index (κ1) is 10.1. The Morgan fingerprint density at radius 3 is 2.85 bits per heavy atom. The molecule has 13 heavy (non-hydrogen) atoms. The van der Waals surface area contributed by atoms with Crippen molar-refractivity contribution in [2.75, 3.05) is 0 Å². The van der Waals surface area contributed by atoms with Crippen molar-refractivity contribution >= 4 is 39.5 Å². The highest BCUT2D eigenvalue weighted by Gasteiger charge is 1.92. The number of halogens is 1. The number of hydrogen-bond acceptors (Lipinski definition) is 2. The number of nitrogens with one attached hydrogen (secondary N) is 1. The van der Waals surface area contributed by atoms with E-state index in [-0.39, 0.29) is 5.11 Å². The average Bonchev–Trinajstić information content (AvgIpc) is 2.08. The highest BCUT2D eigenvalue weighted by atomic mass is 79.9. The number of thiocarbonyl (C=S) groups is 1. The van der Waals surface area contributed by atoms with Crippen LogP contribution in [0.4, 0.5) is 0 Å². The first-order valence-electron chi connectivity index (χ1n) is 3.53. The summed E-state index contributed by atoms with van der Waals surface area (Å²) in [6, 6.07) is 7.71. The van der Waals surface area contributed by atoms with Crippen molar-refractivity contribution in [3.8, 4) is 0 Å². The molecule has 68 valence electrons. The minimum Gasteiger partial charge on any atom is -0.375 e. The monoisotopic (exact) mass is 257 g/mol. The van der Waals surface area contributed by atoms with Crippen LogP contribution in [-0.2, 0) is 0 Å². The zero-order valence-corrected chi connectivity index (χ0v) is 9.10. The Kier molecular flexibility index (Phi) is 3.85. The highest BCUT2D eigenvalue weighted by molar-refractivity contribution is 9.10. The standard InChI is InChI=1S/C8H8BrN3S/c9-7-4-2-1-3-6(7)5-11-12-8(10)13/h1-5H,(H3,10,12,13). The third-order valence-electron chi connectivity index (χ3n) is 1.28. The molecule has 0 fully saturated rings. The van der Waals surface area contributed by atoms with Crippen LogP contribution in [0, 0.1) is 0 Å². The average molecular weight is 258 g/mol. The summed E-state index contributed by atoms with van der Waals surface area (Å²) in [6.07, 6.45) is 1.64. The number of hydrogen-bond donors (Lipinski definition) is 2. The van der Waals surface area contributed by atoms with Crippen molar-refractivity contribution in [3.05, 3.63) is 34.3 Å². The highest BCUT2D eigenvalue weighted by Crippen LogP contribution is 2.12. The summed E-state index contributed by atoms with van der Waals surface area (Å²) in [4.78, 5) is 0. The van der Waals surface area contributed by atoms with Gasteiger partial charge < -0.3 is 5.73 Å². The molecule has 0 heterocycles. The van der Waals surface area contributed by atoms with E-state index in [0.717, 1.165) is 10.0 Å². The fraction of sp³-hybridized carbons (Fsp3) is 0. The van der Waals surface area contributed by atoms with Crippen molar-refractivity contribution in [2.45, 2.75) is 0 Å². The minimum atomic E-state index is 0.156. The van der Waals surface area contributed by atoms with Crippen LogP contribution in [0.5, 0.6) is 0 Å². The Bertz CT molecular complexity index is 338. The maximum absolute atomic E-state index is 5.19. The van der Waals surface area contributed by atoms with E-state index in [2.05, 4.69) is 38.7 Å². The normalized spacial score (nSPS) is 10.2. The lowest BCUT2D eigenvalue weighted by atomic mass is 10.2. The van der Waals surface area contributed by atoms with E-state index in [0.29, 0.717) is 0 Å². The largest absolute Gasteiger partial charge is 0.375 e. The molecule has 0 saturated carbocycles. The van der Waals surface area contributed by atoms with Gasteiger partial charge >= 0.3 is 0 Å². The van der Waals surface area contributed by atoms with Crippen molar-refractivity contribution in [1.29, 1.82) is 0 Å². The molecule has 3 nitrogen and oxygen atoms in total. The van der Waals surface area contributed by atoms with Gasteiger partial charge in [0, 0.05) is 10.0 Å². The van der Waals surface area contributed by atoms with Crippen LogP contribution in [0.15, 0.2) is 33.8 Å². The number of nitrogens with zero attached hydrogens (tertiary/aromatic N) is 1. The molecule has 0 unspecified atom stereocenters. The Hall–Kier alpha value is -0.940. The molecule has 1 aromatic rings. The van der Waals surface area contributed by atoms with Gasteiger partial charge in [0.2, 0.25) is 0 Å². The molecule has 1 aromatic carbocycles. The number of benzene rings is 1. The van der Waals surface area contributed by atoms with Crippen LogP contribution in [0.1, 0.15) is 5.56 Å². The Morgan fingerprint density at radius 2 is 2.23 bits per heavy atom.